The summed E-state index contributed by atoms with van der Waals surface area (Å²) in [6, 6.07) is 13.4. The predicted octanol–water partition coefficient (Wildman–Crippen LogP) is 3.13. The molecule has 0 amide bonds. The minimum Gasteiger partial charge on any atom is -0.280 e. The van der Waals surface area contributed by atoms with E-state index in [1.54, 1.807) is 36.4 Å². The quantitative estimate of drug-likeness (QED) is 0.739. The Morgan fingerprint density at radius 1 is 1.12 bits per heavy atom. The van der Waals surface area contributed by atoms with Crippen LogP contribution in [-0.2, 0) is 10.0 Å². The topological polar surface area (TPSA) is 89.8 Å². The molecule has 0 saturated heterocycles. The first kappa shape index (κ1) is 16.0. The standard InChI is InChI=1S/C16H14ClN5O2S/c17-12-2-1-3-15(10-12)25(23,24)19-13-6-4-11(5-7-13)16-18-20-21-22(16)14-8-9-14/h1-7,10,14,19H,8-9H2. The molecular weight excluding hydrogens is 362 g/mol. The number of rotatable bonds is 5. The molecule has 7 nitrogen and oxygen atoms in total. The zero-order valence-electron chi connectivity index (χ0n) is 13.0. The Morgan fingerprint density at radius 2 is 1.88 bits per heavy atom. The van der Waals surface area contributed by atoms with Crippen molar-refractivity contribution in [2.45, 2.75) is 23.8 Å². The van der Waals surface area contributed by atoms with Crippen molar-refractivity contribution in [2.24, 2.45) is 0 Å². The number of anilines is 1. The summed E-state index contributed by atoms with van der Waals surface area (Å²) in [6.45, 7) is 0. The van der Waals surface area contributed by atoms with Crippen molar-refractivity contribution in [3.05, 3.63) is 53.6 Å². The lowest BCUT2D eigenvalue weighted by Crippen LogP contribution is -2.12. The molecule has 0 bridgehead atoms. The lowest BCUT2D eigenvalue weighted by atomic mass is 10.2. The van der Waals surface area contributed by atoms with Gasteiger partial charge in [-0.1, -0.05) is 17.7 Å². The Morgan fingerprint density at radius 3 is 2.56 bits per heavy atom. The van der Waals surface area contributed by atoms with Gasteiger partial charge in [0.05, 0.1) is 10.9 Å². The summed E-state index contributed by atoms with van der Waals surface area (Å²) in [7, 11) is -3.69. The Labute approximate surface area is 149 Å². The third kappa shape index (κ3) is 3.35. The van der Waals surface area contributed by atoms with Gasteiger partial charge in [0, 0.05) is 16.3 Å². The maximum atomic E-state index is 12.4. The van der Waals surface area contributed by atoms with E-state index in [2.05, 4.69) is 20.2 Å². The van der Waals surface area contributed by atoms with Crippen LogP contribution in [0, 0.1) is 0 Å². The summed E-state index contributed by atoms with van der Waals surface area (Å²) < 4.78 is 29.2. The van der Waals surface area contributed by atoms with Crippen LogP contribution in [0.2, 0.25) is 5.02 Å². The second kappa shape index (κ2) is 6.12. The van der Waals surface area contributed by atoms with E-state index in [1.807, 2.05) is 4.68 Å². The molecule has 0 radical (unpaired) electrons. The monoisotopic (exact) mass is 375 g/mol. The molecule has 1 N–H and O–H groups in total. The highest BCUT2D eigenvalue weighted by atomic mass is 35.5. The number of nitrogens with one attached hydrogen (secondary N) is 1. The molecule has 2 aromatic carbocycles. The highest BCUT2D eigenvalue weighted by Gasteiger charge is 2.28. The number of halogens is 1. The summed E-state index contributed by atoms with van der Waals surface area (Å²) in [6.07, 6.45) is 2.16. The minimum atomic E-state index is -3.69. The van der Waals surface area contributed by atoms with E-state index in [0.29, 0.717) is 22.6 Å². The van der Waals surface area contributed by atoms with Crippen LogP contribution in [0.25, 0.3) is 11.4 Å². The Balaban J connectivity index is 1.57. The zero-order valence-corrected chi connectivity index (χ0v) is 14.6. The molecule has 1 aromatic heterocycles. The predicted molar refractivity (Wildman–Crippen MR) is 93.8 cm³/mol. The van der Waals surface area contributed by atoms with Gasteiger partial charge in [0.2, 0.25) is 0 Å². The summed E-state index contributed by atoms with van der Waals surface area (Å²) in [5.41, 5.74) is 1.29. The average molecular weight is 376 g/mol. The fourth-order valence-corrected chi connectivity index (χ4v) is 3.84. The number of nitrogens with zero attached hydrogens (tertiary/aromatic N) is 4. The third-order valence-corrected chi connectivity index (χ3v) is 5.50. The van der Waals surface area contributed by atoms with Crippen molar-refractivity contribution in [2.75, 3.05) is 4.72 Å². The fraction of sp³-hybridized carbons (Fsp3) is 0.188. The molecule has 0 unspecified atom stereocenters. The van der Waals surface area contributed by atoms with Crippen LogP contribution >= 0.6 is 11.6 Å². The Hall–Kier alpha value is -2.45. The first-order chi connectivity index (χ1) is 12.0. The molecule has 0 aliphatic heterocycles. The third-order valence-electron chi connectivity index (χ3n) is 3.89. The molecule has 3 aromatic rings. The van der Waals surface area contributed by atoms with Crippen LogP contribution < -0.4 is 4.72 Å². The first-order valence-electron chi connectivity index (χ1n) is 7.70. The van der Waals surface area contributed by atoms with Crippen molar-refractivity contribution in [3.63, 3.8) is 0 Å². The molecule has 4 rings (SSSR count). The number of sulfonamides is 1. The van der Waals surface area contributed by atoms with Crippen molar-refractivity contribution < 1.29 is 8.42 Å². The van der Waals surface area contributed by atoms with E-state index in [4.69, 9.17) is 11.6 Å². The Bertz CT molecular complexity index is 1010. The van der Waals surface area contributed by atoms with E-state index in [9.17, 15) is 8.42 Å². The van der Waals surface area contributed by atoms with Gasteiger partial charge in [0.25, 0.3) is 10.0 Å². The molecule has 25 heavy (non-hydrogen) atoms. The van der Waals surface area contributed by atoms with Gasteiger partial charge in [-0.2, -0.15) is 0 Å². The van der Waals surface area contributed by atoms with Crippen LogP contribution in [0.3, 0.4) is 0 Å². The van der Waals surface area contributed by atoms with E-state index >= 15 is 0 Å². The van der Waals surface area contributed by atoms with Crippen molar-refractivity contribution in [1.29, 1.82) is 0 Å². The van der Waals surface area contributed by atoms with Gasteiger partial charge < -0.3 is 0 Å². The highest BCUT2D eigenvalue weighted by molar-refractivity contribution is 7.92. The maximum Gasteiger partial charge on any atom is 0.261 e. The normalized spacial score (nSPS) is 14.4. The van der Waals surface area contributed by atoms with Crippen LogP contribution in [0.5, 0.6) is 0 Å². The van der Waals surface area contributed by atoms with E-state index in [-0.39, 0.29) is 4.90 Å². The van der Waals surface area contributed by atoms with Crippen molar-refractivity contribution in [1.82, 2.24) is 20.2 Å². The van der Waals surface area contributed by atoms with Crippen LogP contribution in [0.15, 0.2) is 53.4 Å². The second-order valence-electron chi connectivity index (χ2n) is 5.82. The van der Waals surface area contributed by atoms with Crippen molar-refractivity contribution in [3.8, 4) is 11.4 Å². The average Bonchev–Trinajstić information content (AvgIpc) is 3.32. The summed E-state index contributed by atoms with van der Waals surface area (Å²) in [5, 5.41) is 12.2. The molecule has 1 fully saturated rings. The molecule has 0 spiro atoms. The van der Waals surface area contributed by atoms with E-state index in [1.165, 1.54) is 12.1 Å². The molecule has 1 heterocycles. The van der Waals surface area contributed by atoms with E-state index in [0.717, 1.165) is 18.4 Å². The number of aromatic nitrogens is 4. The van der Waals surface area contributed by atoms with Gasteiger partial charge in [-0.3, -0.25) is 4.72 Å². The number of hydrogen-bond acceptors (Lipinski definition) is 5. The van der Waals surface area contributed by atoms with Crippen LogP contribution in [-0.4, -0.2) is 28.6 Å². The summed E-state index contributed by atoms with van der Waals surface area (Å²) in [4.78, 5) is 0.113. The first-order valence-corrected chi connectivity index (χ1v) is 9.56. The van der Waals surface area contributed by atoms with E-state index < -0.39 is 10.0 Å². The smallest absolute Gasteiger partial charge is 0.261 e. The lowest BCUT2D eigenvalue weighted by Gasteiger charge is -2.09. The molecule has 1 saturated carbocycles. The van der Waals surface area contributed by atoms with Gasteiger partial charge in [0.15, 0.2) is 5.82 Å². The summed E-state index contributed by atoms with van der Waals surface area (Å²) >= 11 is 5.86. The Kier molecular flexibility index (Phi) is 3.93. The fourth-order valence-electron chi connectivity index (χ4n) is 2.48. The number of benzene rings is 2. The van der Waals surface area contributed by atoms with Gasteiger partial charge in [0.1, 0.15) is 0 Å². The number of tetrazole rings is 1. The second-order valence-corrected chi connectivity index (χ2v) is 7.94. The van der Waals surface area contributed by atoms with Gasteiger partial charge >= 0.3 is 0 Å². The molecule has 1 aliphatic rings. The molecular formula is C16H14ClN5O2S. The lowest BCUT2D eigenvalue weighted by molar-refractivity contribution is 0.601. The van der Waals surface area contributed by atoms with Gasteiger partial charge in [-0.25, -0.2) is 13.1 Å². The number of hydrogen-bond donors (Lipinski definition) is 1. The van der Waals surface area contributed by atoms with Crippen LogP contribution in [0.4, 0.5) is 5.69 Å². The minimum absolute atomic E-state index is 0.113. The maximum absolute atomic E-state index is 12.4. The SMILES string of the molecule is O=S(=O)(Nc1ccc(-c2nnnn2C2CC2)cc1)c1cccc(Cl)c1. The van der Waals surface area contributed by atoms with Gasteiger partial charge in [-0.05, 0) is 65.7 Å². The highest BCUT2D eigenvalue weighted by Crippen LogP contribution is 2.36. The zero-order chi connectivity index (χ0) is 17.4. The van der Waals surface area contributed by atoms with Crippen molar-refractivity contribution >= 4 is 27.3 Å². The molecule has 9 heteroatoms. The molecule has 1 aliphatic carbocycles. The van der Waals surface area contributed by atoms with Gasteiger partial charge in [-0.15, -0.1) is 5.10 Å². The molecule has 0 atom stereocenters. The molecule has 128 valence electrons. The largest absolute Gasteiger partial charge is 0.280 e. The summed E-state index contributed by atoms with van der Waals surface area (Å²) in [5.74, 6) is 0.687. The van der Waals surface area contributed by atoms with Crippen LogP contribution in [0.1, 0.15) is 18.9 Å².